The number of carbonyl (C=O) groups is 1. The fraction of sp³-hybridized carbons (Fsp3) is 0.381. The van der Waals surface area contributed by atoms with Gasteiger partial charge in [-0.15, -0.1) is 0 Å². The zero-order valence-electron chi connectivity index (χ0n) is 16.7. The average Bonchev–Trinajstić information content (AvgIpc) is 2.68. The van der Waals surface area contributed by atoms with E-state index in [0.29, 0.717) is 36.8 Å². The van der Waals surface area contributed by atoms with Crippen LogP contribution < -0.4 is 19.5 Å². The van der Waals surface area contributed by atoms with Crippen molar-refractivity contribution in [2.45, 2.75) is 19.9 Å². The van der Waals surface area contributed by atoms with Gasteiger partial charge in [-0.3, -0.25) is 0 Å². The topological polar surface area (TPSA) is 60.0 Å². The van der Waals surface area contributed by atoms with Crippen molar-refractivity contribution >= 4 is 6.03 Å². The molecule has 0 aliphatic rings. The molecule has 2 aromatic carbocycles. The number of hydrogen-bond acceptors (Lipinski definition) is 4. The Hall–Kier alpha value is -2.89. The lowest BCUT2D eigenvalue weighted by Gasteiger charge is -2.20. The first kappa shape index (κ1) is 20.4. The number of methoxy groups -OCH3 is 3. The summed E-state index contributed by atoms with van der Waals surface area (Å²) in [5.74, 6) is 1.79. The van der Waals surface area contributed by atoms with E-state index in [9.17, 15) is 4.79 Å². The number of ether oxygens (including phenoxy) is 3. The minimum Gasteiger partial charge on any atom is -0.493 e. The summed E-state index contributed by atoms with van der Waals surface area (Å²) in [6, 6.07) is 11.7. The van der Waals surface area contributed by atoms with Crippen LogP contribution in [0.3, 0.4) is 0 Å². The van der Waals surface area contributed by atoms with Gasteiger partial charge in [0.15, 0.2) is 11.5 Å². The molecule has 0 saturated carbocycles. The first-order valence-electron chi connectivity index (χ1n) is 8.83. The minimum atomic E-state index is -0.113. The molecule has 0 atom stereocenters. The fourth-order valence-electron chi connectivity index (χ4n) is 2.91. The molecule has 146 valence electrons. The van der Waals surface area contributed by atoms with Crippen LogP contribution >= 0.6 is 0 Å². The lowest BCUT2D eigenvalue weighted by Crippen LogP contribution is -2.37. The molecule has 0 aliphatic carbocycles. The van der Waals surface area contributed by atoms with E-state index in [1.54, 1.807) is 33.3 Å². The van der Waals surface area contributed by atoms with E-state index in [1.165, 1.54) is 5.56 Å². The Morgan fingerprint density at radius 3 is 2.30 bits per heavy atom. The van der Waals surface area contributed by atoms with Crippen LogP contribution in [-0.4, -0.2) is 45.9 Å². The Morgan fingerprint density at radius 2 is 1.67 bits per heavy atom. The lowest BCUT2D eigenvalue weighted by molar-refractivity contribution is 0.207. The lowest BCUT2D eigenvalue weighted by atomic mass is 10.1. The highest BCUT2D eigenvalue weighted by atomic mass is 16.5. The monoisotopic (exact) mass is 372 g/mol. The van der Waals surface area contributed by atoms with Crippen molar-refractivity contribution in [3.8, 4) is 17.2 Å². The summed E-state index contributed by atoms with van der Waals surface area (Å²) in [6.45, 7) is 3.10. The van der Waals surface area contributed by atoms with Crippen LogP contribution in [0.5, 0.6) is 17.2 Å². The number of nitrogens with zero attached hydrogens (tertiary/aromatic N) is 1. The van der Waals surface area contributed by atoms with Gasteiger partial charge in [-0.05, 0) is 30.5 Å². The number of amides is 2. The van der Waals surface area contributed by atoms with Crippen LogP contribution in [0.4, 0.5) is 4.79 Å². The number of benzene rings is 2. The summed E-state index contributed by atoms with van der Waals surface area (Å²) in [4.78, 5) is 14.0. The molecule has 2 aromatic rings. The van der Waals surface area contributed by atoms with Gasteiger partial charge in [0, 0.05) is 25.7 Å². The molecule has 0 heterocycles. The van der Waals surface area contributed by atoms with E-state index in [1.807, 2.05) is 43.3 Å². The maximum atomic E-state index is 12.4. The van der Waals surface area contributed by atoms with Gasteiger partial charge < -0.3 is 24.4 Å². The zero-order valence-corrected chi connectivity index (χ0v) is 16.7. The Bertz CT molecular complexity index is 777. The van der Waals surface area contributed by atoms with E-state index in [-0.39, 0.29) is 6.03 Å². The smallest absolute Gasteiger partial charge is 0.317 e. The Morgan fingerprint density at radius 1 is 0.963 bits per heavy atom. The molecular weight excluding hydrogens is 344 g/mol. The quantitative estimate of drug-likeness (QED) is 0.771. The van der Waals surface area contributed by atoms with Crippen LogP contribution in [0.25, 0.3) is 0 Å². The zero-order chi connectivity index (χ0) is 19.8. The summed E-state index contributed by atoms with van der Waals surface area (Å²) in [5, 5.41) is 2.95. The third-order valence-electron chi connectivity index (χ3n) is 4.47. The van der Waals surface area contributed by atoms with Crippen molar-refractivity contribution in [2.24, 2.45) is 0 Å². The van der Waals surface area contributed by atoms with Gasteiger partial charge in [0.05, 0.1) is 21.3 Å². The molecule has 0 aliphatic heterocycles. The van der Waals surface area contributed by atoms with Crippen molar-refractivity contribution in [2.75, 3.05) is 34.9 Å². The first-order chi connectivity index (χ1) is 13.0. The summed E-state index contributed by atoms with van der Waals surface area (Å²) in [5.41, 5.74) is 3.25. The maximum Gasteiger partial charge on any atom is 0.317 e. The second-order valence-corrected chi connectivity index (χ2v) is 6.26. The van der Waals surface area contributed by atoms with E-state index in [2.05, 4.69) is 5.32 Å². The Balaban J connectivity index is 1.95. The number of carbonyl (C=O) groups excluding carboxylic acids is 1. The SMILES string of the molecule is COc1ccc(CCNC(=O)N(C)Cc2ccccc2C)c(OC)c1OC. The van der Waals surface area contributed by atoms with Gasteiger partial charge >= 0.3 is 6.03 Å². The number of hydrogen-bond donors (Lipinski definition) is 1. The van der Waals surface area contributed by atoms with Crippen LogP contribution in [0.2, 0.25) is 0 Å². The predicted molar refractivity (Wildman–Crippen MR) is 106 cm³/mol. The minimum absolute atomic E-state index is 0.113. The van der Waals surface area contributed by atoms with E-state index in [4.69, 9.17) is 14.2 Å². The number of rotatable bonds is 8. The molecule has 0 radical (unpaired) electrons. The van der Waals surface area contributed by atoms with E-state index in [0.717, 1.165) is 11.1 Å². The number of nitrogens with one attached hydrogen (secondary N) is 1. The van der Waals surface area contributed by atoms with Crippen LogP contribution in [-0.2, 0) is 13.0 Å². The molecule has 0 bridgehead atoms. The molecular formula is C21H28N2O4. The molecule has 0 fully saturated rings. The van der Waals surface area contributed by atoms with E-state index < -0.39 is 0 Å². The Labute approximate surface area is 161 Å². The highest BCUT2D eigenvalue weighted by Crippen LogP contribution is 2.39. The van der Waals surface area contributed by atoms with Gasteiger partial charge in [0.1, 0.15) is 0 Å². The molecule has 0 aromatic heterocycles. The summed E-state index contributed by atoms with van der Waals surface area (Å²) in [6.07, 6.45) is 0.619. The van der Waals surface area contributed by atoms with Crippen molar-refractivity contribution in [3.63, 3.8) is 0 Å². The normalized spacial score (nSPS) is 10.3. The summed E-state index contributed by atoms with van der Waals surface area (Å²) in [7, 11) is 6.54. The largest absolute Gasteiger partial charge is 0.493 e. The van der Waals surface area contributed by atoms with Crippen LogP contribution in [0.1, 0.15) is 16.7 Å². The van der Waals surface area contributed by atoms with Crippen molar-refractivity contribution in [3.05, 3.63) is 53.1 Å². The van der Waals surface area contributed by atoms with Crippen molar-refractivity contribution in [1.82, 2.24) is 10.2 Å². The molecule has 0 spiro atoms. The van der Waals surface area contributed by atoms with Gasteiger partial charge in [-0.2, -0.15) is 0 Å². The van der Waals surface area contributed by atoms with E-state index >= 15 is 0 Å². The molecule has 2 rings (SSSR count). The molecule has 6 nitrogen and oxygen atoms in total. The van der Waals surface area contributed by atoms with Gasteiger partial charge in [-0.1, -0.05) is 30.3 Å². The highest BCUT2D eigenvalue weighted by Gasteiger charge is 2.16. The molecule has 1 N–H and O–H groups in total. The standard InChI is InChI=1S/C21H28N2O4/c1-15-8-6-7-9-17(15)14-23(2)21(24)22-13-12-16-10-11-18(25-3)20(27-5)19(16)26-4/h6-11H,12-14H2,1-5H3,(H,22,24). The van der Waals surface area contributed by atoms with Gasteiger partial charge in [0.25, 0.3) is 0 Å². The number of urea groups is 1. The molecule has 27 heavy (non-hydrogen) atoms. The average molecular weight is 372 g/mol. The van der Waals surface area contributed by atoms with Crippen LogP contribution in [0.15, 0.2) is 36.4 Å². The predicted octanol–water partition coefficient (Wildman–Crippen LogP) is 3.40. The summed E-state index contributed by atoms with van der Waals surface area (Å²) >= 11 is 0. The fourth-order valence-corrected chi connectivity index (χ4v) is 2.91. The second kappa shape index (κ2) is 9.71. The maximum absolute atomic E-state index is 12.4. The van der Waals surface area contributed by atoms with Crippen LogP contribution in [0, 0.1) is 6.92 Å². The van der Waals surface area contributed by atoms with Gasteiger partial charge in [-0.25, -0.2) is 4.79 Å². The first-order valence-corrected chi connectivity index (χ1v) is 8.83. The molecule has 2 amide bonds. The molecule has 0 unspecified atom stereocenters. The third kappa shape index (κ3) is 5.06. The van der Waals surface area contributed by atoms with Crippen molar-refractivity contribution < 1.29 is 19.0 Å². The molecule has 0 saturated heterocycles. The third-order valence-corrected chi connectivity index (χ3v) is 4.47. The highest BCUT2D eigenvalue weighted by molar-refractivity contribution is 5.74. The molecule has 6 heteroatoms. The summed E-state index contributed by atoms with van der Waals surface area (Å²) < 4.78 is 16.2. The Kier molecular flexibility index (Phi) is 7.34. The van der Waals surface area contributed by atoms with Crippen molar-refractivity contribution in [1.29, 1.82) is 0 Å². The van der Waals surface area contributed by atoms with Gasteiger partial charge in [0.2, 0.25) is 5.75 Å². The number of aryl methyl sites for hydroxylation is 1. The second-order valence-electron chi connectivity index (χ2n) is 6.26.